The Kier molecular flexibility index (Phi) is 4.40. The van der Waals surface area contributed by atoms with Crippen molar-refractivity contribution in [1.29, 1.82) is 0 Å². The fourth-order valence-electron chi connectivity index (χ4n) is 2.29. The van der Waals surface area contributed by atoms with Crippen molar-refractivity contribution in [2.75, 3.05) is 33.4 Å². The summed E-state index contributed by atoms with van der Waals surface area (Å²) in [7, 11) is 1.40. The lowest BCUT2D eigenvalue weighted by molar-refractivity contribution is -0.0467. The lowest BCUT2D eigenvalue weighted by atomic mass is 10.0. The van der Waals surface area contributed by atoms with E-state index in [9.17, 15) is 9.18 Å². The van der Waals surface area contributed by atoms with Crippen LogP contribution in [0.1, 0.15) is 24.2 Å². The Morgan fingerprint density at radius 1 is 1.50 bits per heavy atom. The number of ketones is 1. The number of Topliss-reactive ketones (excluding diaryl/α,β-unsaturated/α-hetero) is 1. The highest BCUT2D eigenvalue weighted by atomic mass is 19.1. The van der Waals surface area contributed by atoms with Gasteiger partial charge in [-0.2, -0.15) is 0 Å². The molecule has 0 unspecified atom stereocenters. The van der Waals surface area contributed by atoms with E-state index in [1.807, 2.05) is 13.8 Å². The first-order chi connectivity index (χ1) is 9.44. The molecule has 0 radical (unpaired) electrons. The van der Waals surface area contributed by atoms with Gasteiger partial charge in [-0.25, -0.2) is 4.39 Å². The number of carbonyl (C=O) groups excluding carboxylic acids is 1. The van der Waals surface area contributed by atoms with Crippen molar-refractivity contribution in [3.8, 4) is 5.75 Å². The largest absolute Gasteiger partial charge is 0.494 e. The van der Waals surface area contributed by atoms with E-state index in [2.05, 4.69) is 4.90 Å². The molecule has 0 spiro atoms. The third-order valence-electron chi connectivity index (χ3n) is 3.63. The zero-order chi connectivity index (χ0) is 14.8. The van der Waals surface area contributed by atoms with Gasteiger partial charge in [-0.1, -0.05) is 0 Å². The quantitative estimate of drug-likeness (QED) is 0.793. The maximum absolute atomic E-state index is 13.6. The maximum Gasteiger partial charge on any atom is 0.176 e. The summed E-state index contributed by atoms with van der Waals surface area (Å²) in [5.41, 5.74) is 0.185. The number of nitrogens with zero attached hydrogens (tertiary/aromatic N) is 1. The molecule has 20 heavy (non-hydrogen) atoms. The molecule has 5 heteroatoms. The fraction of sp³-hybridized carbons (Fsp3) is 0.533. The van der Waals surface area contributed by atoms with Crippen LogP contribution >= 0.6 is 0 Å². The number of hydrogen-bond donors (Lipinski definition) is 0. The highest BCUT2D eigenvalue weighted by molar-refractivity contribution is 5.97. The van der Waals surface area contributed by atoms with Gasteiger partial charge in [-0.15, -0.1) is 0 Å². The summed E-state index contributed by atoms with van der Waals surface area (Å²) < 4.78 is 23.9. The van der Waals surface area contributed by atoms with Gasteiger partial charge >= 0.3 is 0 Å². The highest BCUT2D eigenvalue weighted by Gasteiger charge is 2.31. The number of morpholine rings is 1. The molecule has 110 valence electrons. The normalized spacial score (nSPS) is 18.8. The van der Waals surface area contributed by atoms with E-state index in [1.54, 1.807) is 6.07 Å². The van der Waals surface area contributed by atoms with E-state index in [0.717, 1.165) is 0 Å². The van der Waals surface area contributed by atoms with Crippen molar-refractivity contribution in [3.05, 3.63) is 29.6 Å². The molecule has 1 fully saturated rings. The van der Waals surface area contributed by atoms with Crippen molar-refractivity contribution in [2.24, 2.45) is 0 Å². The van der Waals surface area contributed by atoms with E-state index >= 15 is 0 Å². The average Bonchev–Trinajstić information content (AvgIpc) is 2.41. The Bertz CT molecular complexity index is 502. The standard InChI is InChI=1S/C15H20FNO3/c1-15(2)10-20-7-6-17(15)9-13(18)11-4-5-14(19-3)12(16)8-11/h4-5,8H,6-7,9-10H2,1-3H3. The van der Waals surface area contributed by atoms with Crippen LogP contribution in [-0.2, 0) is 4.74 Å². The minimum atomic E-state index is -0.514. The molecule has 1 aliphatic heterocycles. The Hall–Kier alpha value is -1.46. The molecule has 0 saturated carbocycles. The summed E-state index contributed by atoms with van der Waals surface area (Å²) in [5, 5.41) is 0. The number of rotatable bonds is 4. The molecule has 1 saturated heterocycles. The molecular weight excluding hydrogens is 261 g/mol. The van der Waals surface area contributed by atoms with Crippen LogP contribution in [0, 0.1) is 5.82 Å². The van der Waals surface area contributed by atoms with Gasteiger partial charge in [0.15, 0.2) is 17.3 Å². The molecule has 0 bridgehead atoms. The van der Waals surface area contributed by atoms with E-state index in [0.29, 0.717) is 25.3 Å². The second-order valence-electron chi connectivity index (χ2n) is 5.56. The third kappa shape index (κ3) is 3.16. The first-order valence-electron chi connectivity index (χ1n) is 6.63. The Morgan fingerprint density at radius 3 is 2.85 bits per heavy atom. The molecular formula is C15H20FNO3. The van der Waals surface area contributed by atoms with Crippen LogP contribution < -0.4 is 4.74 Å². The summed E-state index contributed by atoms with van der Waals surface area (Å²) in [5.74, 6) is -0.464. The predicted molar refractivity (Wildman–Crippen MR) is 73.8 cm³/mol. The van der Waals surface area contributed by atoms with Gasteiger partial charge in [0.25, 0.3) is 0 Å². The van der Waals surface area contributed by atoms with Crippen molar-refractivity contribution >= 4 is 5.78 Å². The molecule has 1 heterocycles. The number of hydrogen-bond acceptors (Lipinski definition) is 4. The van der Waals surface area contributed by atoms with Crippen molar-refractivity contribution in [3.63, 3.8) is 0 Å². The van der Waals surface area contributed by atoms with Crippen molar-refractivity contribution < 1.29 is 18.7 Å². The molecule has 0 aromatic heterocycles. The van der Waals surface area contributed by atoms with E-state index in [4.69, 9.17) is 9.47 Å². The van der Waals surface area contributed by atoms with Gasteiger partial charge in [0.1, 0.15) is 0 Å². The Labute approximate surface area is 118 Å². The number of halogens is 1. The number of benzene rings is 1. The number of ether oxygens (including phenoxy) is 2. The second-order valence-corrected chi connectivity index (χ2v) is 5.56. The van der Waals surface area contributed by atoms with Crippen LogP contribution in [0.15, 0.2) is 18.2 Å². The first kappa shape index (κ1) is 14.9. The Morgan fingerprint density at radius 2 is 2.25 bits per heavy atom. The Balaban J connectivity index is 2.10. The zero-order valence-electron chi connectivity index (χ0n) is 12.1. The summed E-state index contributed by atoms with van der Waals surface area (Å²) >= 11 is 0. The van der Waals surface area contributed by atoms with Crippen LogP contribution in [0.4, 0.5) is 4.39 Å². The minimum Gasteiger partial charge on any atom is -0.494 e. The lowest BCUT2D eigenvalue weighted by Gasteiger charge is -2.41. The highest BCUT2D eigenvalue weighted by Crippen LogP contribution is 2.21. The molecule has 0 amide bonds. The SMILES string of the molecule is COc1ccc(C(=O)CN2CCOCC2(C)C)cc1F. The van der Waals surface area contributed by atoms with Crippen molar-refractivity contribution in [2.45, 2.75) is 19.4 Å². The van der Waals surface area contributed by atoms with Gasteiger partial charge in [0, 0.05) is 17.6 Å². The first-order valence-corrected chi connectivity index (χ1v) is 6.63. The van der Waals surface area contributed by atoms with E-state index < -0.39 is 5.82 Å². The predicted octanol–water partition coefficient (Wildman–Crippen LogP) is 2.13. The summed E-state index contributed by atoms with van der Waals surface area (Å²) in [6.45, 7) is 6.26. The summed E-state index contributed by atoms with van der Waals surface area (Å²) in [6.07, 6.45) is 0. The smallest absolute Gasteiger partial charge is 0.176 e. The van der Waals surface area contributed by atoms with Crippen molar-refractivity contribution in [1.82, 2.24) is 4.90 Å². The van der Waals surface area contributed by atoms with Gasteiger partial charge in [-0.05, 0) is 32.0 Å². The molecule has 1 aromatic carbocycles. The van der Waals surface area contributed by atoms with Gasteiger partial charge in [-0.3, -0.25) is 9.69 Å². The molecule has 0 aliphatic carbocycles. The van der Waals surface area contributed by atoms with Gasteiger partial charge < -0.3 is 9.47 Å². The van der Waals surface area contributed by atoms with Crippen LogP contribution in [0.2, 0.25) is 0 Å². The van der Waals surface area contributed by atoms with Crippen LogP contribution in [0.25, 0.3) is 0 Å². The molecule has 0 N–H and O–H groups in total. The van der Waals surface area contributed by atoms with Crippen LogP contribution in [0.5, 0.6) is 5.75 Å². The average molecular weight is 281 g/mol. The van der Waals surface area contributed by atoms with Crippen LogP contribution in [-0.4, -0.2) is 49.6 Å². The topological polar surface area (TPSA) is 38.8 Å². The summed E-state index contributed by atoms with van der Waals surface area (Å²) in [4.78, 5) is 14.3. The molecule has 0 atom stereocenters. The lowest BCUT2D eigenvalue weighted by Crippen LogP contribution is -2.54. The second kappa shape index (κ2) is 5.89. The van der Waals surface area contributed by atoms with Gasteiger partial charge in [0.05, 0.1) is 26.9 Å². The molecule has 2 rings (SSSR count). The fourth-order valence-corrected chi connectivity index (χ4v) is 2.29. The number of carbonyl (C=O) groups is 1. The zero-order valence-corrected chi connectivity index (χ0v) is 12.1. The number of methoxy groups -OCH3 is 1. The van der Waals surface area contributed by atoms with E-state index in [1.165, 1.54) is 19.2 Å². The monoisotopic (exact) mass is 281 g/mol. The molecule has 1 aromatic rings. The molecule has 4 nitrogen and oxygen atoms in total. The van der Waals surface area contributed by atoms with E-state index in [-0.39, 0.29) is 23.6 Å². The minimum absolute atomic E-state index is 0.0958. The van der Waals surface area contributed by atoms with Gasteiger partial charge in [0.2, 0.25) is 0 Å². The molecule has 1 aliphatic rings. The maximum atomic E-state index is 13.6. The third-order valence-corrected chi connectivity index (χ3v) is 3.63. The van der Waals surface area contributed by atoms with Crippen LogP contribution in [0.3, 0.4) is 0 Å². The summed E-state index contributed by atoms with van der Waals surface area (Å²) in [6, 6.07) is 4.30.